The number of nitrogens with two attached hydrogens (primary N) is 1. The predicted molar refractivity (Wildman–Crippen MR) is 89.8 cm³/mol. The Morgan fingerprint density at radius 1 is 1.46 bits per heavy atom. The molecule has 0 aromatic heterocycles. The van der Waals surface area contributed by atoms with Crippen molar-refractivity contribution >= 4 is 23.4 Å². The van der Waals surface area contributed by atoms with Crippen LogP contribution in [0.15, 0.2) is 18.2 Å². The van der Waals surface area contributed by atoms with Gasteiger partial charge in [0, 0.05) is 11.1 Å². The highest BCUT2D eigenvalue weighted by atomic mass is 35.5. The second-order valence-electron chi connectivity index (χ2n) is 5.56. The lowest BCUT2D eigenvalue weighted by atomic mass is 9.95. The van der Waals surface area contributed by atoms with Crippen molar-refractivity contribution in [2.45, 2.75) is 32.4 Å². The maximum Gasteiger partial charge on any atom is 0.267 e. The van der Waals surface area contributed by atoms with Gasteiger partial charge in [-0.1, -0.05) is 17.5 Å². The van der Waals surface area contributed by atoms with Gasteiger partial charge in [0.15, 0.2) is 0 Å². The van der Waals surface area contributed by atoms with Gasteiger partial charge in [0.1, 0.15) is 18.4 Å². The molecule has 0 fully saturated rings. The fraction of sp³-hybridized carbons (Fsp3) is 0.375. The summed E-state index contributed by atoms with van der Waals surface area (Å²) in [7, 11) is 0. The van der Waals surface area contributed by atoms with Crippen molar-refractivity contribution in [3.8, 4) is 17.6 Å². The van der Waals surface area contributed by atoms with Gasteiger partial charge in [-0.2, -0.15) is 0 Å². The third-order valence-electron chi connectivity index (χ3n) is 3.06. The fourth-order valence-corrected chi connectivity index (χ4v) is 2.05. The Bertz CT molecular complexity index is 674. The average Bonchev–Trinajstić information content (AvgIpc) is 2.52. The molecule has 1 aromatic carbocycles. The summed E-state index contributed by atoms with van der Waals surface area (Å²) in [6.07, 6.45) is 0. The van der Waals surface area contributed by atoms with Crippen LogP contribution in [-0.2, 0) is 4.79 Å². The Morgan fingerprint density at radius 2 is 2.12 bits per heavy atom. The summed E-state index contributed by atoms with van der Waals surface area (Å²) in [5.41, 5.74) is 6.47. The van der Waals surface area contributed by atoms with Crippen molar-refractivity contribution in [3.05, 3.63) is 28.8 Å². The Balaban J connectivity index is 2.92. The van der Waals surface area contributed by atoms with Gasteiger partial charge < -0.3 is 15.8 Å². The molecule has 0 heterocycles. The predicted octanol–water partition coefficient (Wildman–Crippen LogP) is 1.08. The highest BCUT2D eigenvalue weighted by molar-refractivity contribution is 6.32. The van der Waals surface area contributed by atoms with E-state index in [2.05, 4.69) is 17.2 Å². The molecule has 0 aliphatic rings. The molecule has 1 rings (SSSR count). The second-order valence-corrected chi connectivity index (χ2v) is 5.97. The number of amides is 2. The van der Waals surface area contributed by atoms with Crippen LogP contribution in [0.2, 0.25) is 5.02 Å². The first kappa shape index (κ1) is 19.8. The van der Waals surface area contributed by atoms with E-state index in [0.29, 0.717) is 5.75 Å². The summed E-state index contributed by atoms with van der Waals surface area (Å²) in [5.74, 6) is 4.42. The molecule has 7 nitrogen and oxygen atoms in total. The number of carbonyl (C=O) groups excluding carboxylic acids is 2. The van der Waals surface area contributed by atoms with Gasteiger partial charge in [0.2, 0.25) is 0 Å². The molecule has 1 aromatic rings. The summed E-state index contributed by atoms with van der Waals surface area (Å²) in [6.45, 7) is 4.97. The quantitative estimate of drug-likeness (QED) is 0.347. The second kappa shape index (κ2) is 8.55. The Kier molecular flexibility index (Phi) is 7.04. The minimum absolute atomic E-state index is 0.182. The molecule has 0 aliphatic carbocycles. The van der Waals surface area contributed by atoms with Crippen molar-refractivity contribution in [3.63, 3.8) is 0 Å². The lowest BCUT2D eigenvalue weighted by Gasteiger charge is -2.29. The Morgan fingerprint density at radius 3 is 2.62 bits per heavy atom. The minimum Gasteiger partial charge on any atom is -0.479 e. The van der Waals surface area contributed by atoms with E-state index in [1.807, 2.05) is 0 Å². The van der Waals surface area contributed by atoms with E-state index in [1.54, 1.807) is 20.8 Å². The monoisotopic (exact) mass is 353 g/mol. The number of nitrogens with one attached hydrogen (secondary N) is 2. The summed E-state index contributed by atoms with van der Waals surface area (Å²) in [4.78, 5) is 24.0. The van der Waals surface area contributed by atoms with E-state index in [-0.39, 0.29) is 17.2 Å². The number of hydroxylamine groups is 1. The lowest BCUT2D eigenvalue weighted by Crippen LogP contribution is -2.61. The molecule has 0 radical (unpaired) electrons. The van der Waals surface area contributed by atoms with Crippen LogP contribution >= 0.6 is 11.6 Å². The molecule has 2 amide bonds. The first-order chi connectivity index (χ1) is 11.2. The van der Waals surface area contributed by atoms with Gasteiger partial charge in [-0.3, -0.25) is 14.8 Å². The summed E-state index contributed by atoms with van der Waals surface area (Å²) in [5, 5.41) is 11.5. The maximum absolute atomic E-state index is 12.3. The number of hydrogen-bond donors (Lipinski definition) is 4. The van der Waals surface area contributed by atoms with Gasteiger partial charge >= 0.3 is 0 Å². The van der Waals surface area contributed by atoms with E-state index < -0.39 is 23.4 Å². The van der Waals surface area contributed by atoms with Gasteiger partial charge in [-0.25, -0.2) is 5.48 Å². The van der Waals surface area contributed by atoms with Crippen LogP contribution in [0, 0.1) is 11.8 Å². The normalized spacial score (nSPS) is 11.8. The summed E-state index contributed by atoms with van der Waals surface area (Å²) in [6, 6.07) is 3.30. The molecule has 24 heavy (non-hydrogen) atoms. The van der Waals surface area contributed by atoms with E-state index >= 15 is 0 Å². The number of halogens is 1. The van der Waals surface area contributed by atoms with Crippen LogP contribution in [-0.4, -0.2) is 35.2 Å². The number of carbonyl (C=O) groups is 2. The Hall–Kier alpha value is -2.27. The fourth-order valence-electron chi connectivity index (χ4n) is 1.81. The van der Waals surface area contributed by atoms with E-state index in [1.165, 1.54) is 23.7 Å². The van der Waals surface area contributed by atoms with Crippen LogP contribution in [0.5, 0.6) is 5.75 Å². The third kappa shape index (κ3) is 5.42. The van der Waals surface area contributed by atoms with Crippen LogP contribution < -0.4 is 21.3 Å². The Labute approximate surface area is 145 Å². The van der Waals surface area contributed by atoms with Crippen molar-refractivity contribution < 1.29 is 19.5 Å². The molecule has 5 N–H and O–H groups in total. The van der Waals surface area contributed by atoms with Gasteiger partial charge in [0.05, 0.1) is 5.02 Å². The van der Waals surface area contributed by atoms with E-state index in [0.717, 1.165) is 0 Å². The molecular formula is C16H20ClN3O4. The highest BCUT2D eigenvalue weighted by Gasteiger charge is 2.33. The molecule has 0 saturated carbocycles. The van der Waals surface area contributed by atoms with Crippen LogP contribution in [0.3, 0.4) is 0 Å². The van der Waals surface area contributed by atoms with Gasteiger partial charge in [-0.05, 0) is 39.0 Å². The standard InChI is InChI=1S/C16H20ClN3O4/c1-4-5-8-24-12-7-6-10(9-11(12)17)14(21)19-13(15(22)20-23)16(2,3)18/h6-7,9,13,23H,8,18H2,1-3H3,(H,19,21)(H,20,22). The largest absolute Gasteiger partial charge is 0.479 e. The summed E-state index contributed by atoms with van der Waals surface area (Å²) >= 11 is 6.07. The molecule has 0 aliphatic heterocycles. The zero-order valence-electron chi connectivity index (χ0n) is 13.6. The van der Waals surface area contributed by atoms with Crippen molar-refractivity contribution in [2.75, 3.05) is 6.61 Å². The first-order valence-corrected chi connectivity index (χ1v) is 7.44. The molecule has 0 saturated heterocycles. The van der Waals surface area contributed by atoms with E-state index in [9.17, 15) is 9.59 Å². The zero-order chi connectivity index (χ0) is 18.3. The smallest absolute Gasteiger partial charge is 0.267 e. The molecule has 0 bridgehead atoms. The minimum atomic E-state index is -1.13. The molecule has 8 heteroatoms. The number of ether oxygens (including phenoxy) is 1. The van der Waals surface area contributed by atoms with Crippen molar-refractivity contribution in [1.29, 1.82) is 0 Å². The maximum atomic E-state index is 12.3. The highest BCUT2D eigenvalue weighted by Crippen LogP contribution is 2.25. The van der Waals surface area contributed by atoms with Gasteiger partial charge in [-0.15, -0.1) is 5.92 Å². The van der Waals surface area contributed by atoms with Crippen molar-refractivity contribution in [1.82, 2.24) is 10.8 Å². The molecule has 1 atom stereocenters. The van der Waals surface area contributed by atoms with Gasteiger partial charge in [0.25, 0.3) is 11.8 Å². The number of hydrogen-bond acceptors (Lipinski definition) is 5. The SMILES string of the molecule is CC#CCOc1ccc(C(=O)NC(C(=O)NO)C(C)(C)N)cc1Cl. The number of benzene rings is 1. The average molecular weight is 354 g/mol. The summed E-state index contributed by atoms with van der Waals surface area (Å²) < 4.78 is 5.35. The van der Waals surface area contributed by atoms with E-state index in [4.69, 9.17) is 27.3 Å². The zero-order valence-corrected chi connectivity index (χ0v) is 14.4. The molecule has 130 valence electrons. The molecule has 1 unspecified atom stereocenters. The van der Waals surface area contributed by atoms with Crippen LogP contribution in [0.25, 0.3) is 0 Å². The third-order valence-corrected chi connectivity index (χ3v) is 3.36. The molecular weight excluding hydrogens is 334 g/mol. The number of rotatable bonds is 6. The van der Waals surface area contributed by atoms with Crippen LogP contribution in [0.4, 0.5) is 0 Å². The molecule has 0 spiro atoms. The lowest BCUT2D eigenvalue weighted by molar-refractivity contribution is -0.132. The van der Waals surface area contributed by atoms with Crippen LogP contribution in [0.1, 0.15) is 31.1 Å². The van der Waals surface area contributed by atoms with Crippen molar-refractivity contribution in [2.24, 2.45) is 5.73 Å². The topological polar surface area (TPSA) is 114 Å². The first-order valence-electron chi connectivity index (χ1n) is 7.06.